The summed E-state index contributed by atoms with van der Waals surface area (Å²) < 4.78 is 23.4. The van der Waals surface area contributed by atoms with Gasteiger partial charge in [0.25, 0.3) is 0 Å². The maximum absolute atomic E-state index is 11.7. The molecule has 1 unspecified atom stereocenters. The number of aryl methyl sites for hydroxylation is 1. The lowest BCUT2D eigenvalue weighted by Gasteiger charge is -2.34. The Morgan fingerprint density at radius 3 is 2.54 bits per heavy atom. The van der Waals surface area contributed by atoms with Crippen LogP contribution in [-0.2, 0) is 14.6 Å². The van der Waals surface area contributed by atoms with Crippen LogP contribution in [0.3, 0.4) is 0 Å². The Labute approximate surface area is 142 Å². The summed E-state index contributed by atoms with van der Waals surface area (Å²) in [5, 5.41) is 0. The van der Waals surface area contributed by atoms with Gasteiger partial charge in [-0.05, 0) is 13.3 Å². The number of carbonyl (C=O) groups excluding carboxylic acids is 1. The first-order valence-electron chi connectivity index (χ1n) is 8.11. The van der Waals surface area contributed by atoms with E-state index in [2.05, 4.69) is 14.9 Å². The van der Waals surface area contributed by atoms with E-state index in [1.165, 1.54) is 0 Å². The van der Waals surface area contributed by atoms with Crippen molar-refractivity contribution in [1.82, 2.24) is 14.9 Å². The minimum atomic E-state index is -2.93. The van der Waals surface area contributed by atoms with Crippen LogP contribution in [0, 0.1) is 6.92 Å². The van der Waals surface area contributed by atoms with Crippen LogP contribution >= 0.6 is 0 Å². The quantitative estimate of drug-likeness (QED) is 0.686. The van der Waals surface area contributed by atoms with E-state index in [1.807, 2.05) is 24.9 Å². The first kappa shape index (κ1) is 16.9. The van der Waals surface area contributed by atoms with Gasteiger partial charge in [0.2, 0.25) is 6.41 Å². The molecule has 2 saturated heterocycles. The highest BCUT2D eigenvalue weighted by Crippen LogP contribution is 2.25. The highest BCUT2D eigenvalue weighted by Gasteiger charge is 2.31. The fraction of sp³-hybridized carbons (Fsp3) is 0.667. The van der Waals surface area contributed by atoms with Gasteiger partial charge in [-0.2, -0.15) is 0 Å². The number of rotatable bonds is 4. The zero-order valence-corrected chi connectivity index (χ0v) is 14.9. The standard InChI is InChI=1S/C15H23N5O3S/c1-12-16-14(18(2)13-3-8-24(22,23)10-13)9-15(17-12)20-6-4-19(11-21)5-7-20/h9,11,13H,3-8,10H2,1-2H3. The first-order valence-corrected chi connectivity index (χ1v) is 9.93. The molecule has 1 atom stereocenters. The molecule has 1 amide bonds. The maximum Gasteiger partial charge on any atom is 0.209 e. The largest absolute Gasteiger partial charge is 0.355 e. The predicted octanol–water partition coefficient (Wildman–Crippen LogP) is -0.313. The maximum atomic E-state index is 11.7. The van der Waals surface area contributed by atoms with Gasteiger partial charge in [0.05, 0.1) is 11.5 Å². The summed E-state index contributed by atoms with van der Waals surface area (Å²) in [7, 11) is -1.04. The Kier molecular flexibility index (Phi) is 4.62. The third-order valence-corrected chi connectivity index (χ3v) is 6.47. The highest BCUT2D eigenvalue weighted by molar-refractivity contribution is 7.91. The Balaban J connectivity index is 1.78. The third-order valence-electron chi connectivity index (χ3n) is 4.72. The first-order chi connectivity index (χ1) is 11.4. The lowest BCUT2D eigenvalue weighted by Crippen LogP contribution is -2.46. The van der Waals surface area contributed by atoms with Gasteiger partial charge in [0.1, 0.15) is 17.5 Å². The Morgan fingerprint density at radius 2 is 1.96 bits per heavy atom. The molecular weight excluding hydrogens is 330 g/mol. The van der Waals surface area contributed by atoms with E-state index in [1.54, 1.807) is 4.90 Å². The predicted molar refractivity (Wildman–Crippen MR) is 92.1 cm³/mol. The van der Waals surface area contributed by atoms with Crippen LogP contribution in [0.25, 0.3) is 0 Å². The van der Waals surface area contributed by atoms with Crippen molar-refractivity contribution >= 4 is 27.9 Å². The fourth-order valence-electron chi connectivity index (χ4n) is 3.20. The molecule has 24 heavy (non-hydrogen) atoms. The summed E-state index contributed by atoms with van der Waals surface area (Å²) in [6.07, 6.45) is 1.51. The number of aromatic nitrogens is 2. The lowest BCUT2D eigenvalue weighted by molar-refractivity contribution is -0.118. The Hall–Kier alpha value is -1.90. The zero-order chi connectivity index (χ0) is 17.3. The van der Waals surface area contributed by atoms with Crippen molar-refractivity contribution < 1.29 is 13.2 Å². The smallest absolute Gasteiger partial charge is 0.209 e. The summed E-state index contributed by atoms with van der Waals surface area (Å²) in [5.74, 6) is 2.66. The van der Waals surface area contributed by atoms with Crippen molar-refractivity contribution in [3.8, 4) is 0 Å². The molecule has 0 N–H and O–H groups in total. The molecule has 132 valence electrons. The highest BCUT2D eigenvalue weighted by atomic mass is 32.2. The second-order valence-corrected chi connectivity index (χ2v) is 8.66. The van der Waals surface area contributed by atoms with E-state index in [0.29, 0.717) is 25.3 Å². The summed E-state index contributed by atoms with van der Waals surface area (Å²) in [6, 6.07) is 1.87. The summed E-state index contributed by atoms with van der Waals surface area (Å²) in [6.45, 7) is 4.66. The van der Waals surface area contributed by atoms with E-state index in [0.717, 1.165) is 31.1 Å². The van der Waals surface area contributed by atoms with Crippen LogP contribution in [0.15, 0.2) is 6.07 Å². The topological polar surface area (TPSA) is 86.7 Å². The monoisotopic (exact) mass is 353 g/mol. The Bertz CT molecular complexity index is 716. The number of hydrogen-bond donors (Lipinski definition) is 0. The molecule has 1 aromatic heterocycles. The van der Waals surface area contributed by atoms with Gasteiger partial charge in [0.15, 0.2) is 9.84 Å². The van der Waals surface area contributed by atoms with Crippen LogP contribution < -0.4 is 9.80 Å². The number of sulfone groups is 1. The zero-order valence-electron chi connectivity index (χ0n) is 14.1. The van der Waals surface area contributed by atoms with Crippen molar-refractivity contribution in [3.63, 3.8) is 0 Å². The number of hydrogen-bond acceptors (Lipinski definition) is 7. The van der Waals surface area contributed by atoms with Crippen LogP contribution in [-0.4, -0.2) is 80.5 Å². The van der Waals surface area contributed by atoms with Gasteiger partial charge in [-0.15, -0.1) is 0 Å². The van der Waals surface area contributed by atoms with E-state index in [9.17, 15) is 13.2 Å². The molecule has 2 aliphatic rings. The van der Waals surface area contributed by atoms with E-state index in [4.69, 9.17) is 0 Å². The van der Waals surface area contributed by atoms with Crippen LogP contribution in [0.5, 0.6) is 0 Å². The molecule has 0 spiro atoms. The van der Waals surface area contributed by atoms with Gasteiger partial charge < -0.3 is 14.7 Å². The summed E-state index contributed by atoms with van der Waals surface area (Å²) >= 11 is 0. The molecule has 3 rings (SSSR count). The number of carbonyl (C=O) groups is 1. The summed E-state index contributed by atoms with van der Waals surface area (Å²) in [5.41, 5.74) is 0. The number of piperazine rings is 1. The molecule has 9 heteroatoms. The molecule has 0 aliphatic carbocycles. The SMILES string of the molecule is Cc1nc(N2CCN(C=O)CC2)cc(N(C)C2CCS(=O)(=O)C2)n1. The average molecular weight is 353 g/mol. The molecule has 2 aliphatic heterocycles. The number of nitrogens with zero attached hydrogens (tertiary/aromatic N) is 5. The van der Waals surface area contributed by atoms with Gasteiger partial charge in [-0.3, -0.25) is 4.79 Å². The van der Waals surface area contributed by atoms with Crippen molar-refractivity contribution in [2.45, 2.75) is 19.4 Å². The van der Waals surface area contributed by atoms with Crippen molar-refractivity contribution in [2.75, 3.05) is 54.5 Å². The molecule has 3 heterocycles. The number of amides is 1. The third kappa shape index (κ3) is 3.61. The Morgan fingerprint density at radius 1 is 1.25 bits per heavy atom. The average Bonchev–Trinajstić information content (AvgIpc) is 2.93. The molecule has 0 radical (unpaired) electrons. The van der Waals surface area contributed by atoms with Crippen molar-refractivity contribution in [1.29, 1.82) is 0 Å². The molecule has 2 fully saturated rings. The van der Waals surface area contributed by atoms with Crippen LogP contribution in [0.1, 0.15) is 12.2 Å². The van der Waals surface area contributed by atoms with Gasteiger partial charge in [0, 0.05) is 45.3 Å². The van der Waals surface area contributed by atoms with E-state index >= 15 is 0 Å². The van der Waals surface area contributed by atoms with Crippen LogP contribution in [0.4, 0.5) is 11.6 Å². The molecular formula is C15H23N5O3S. The number of anilines is 2. The molecule has 0 saturated carbocycles. The molecule has 0 bridgehead atoms. The summed E-state index contributed by atoms with van der Waals surface area (Å²) in [4.78, 5) is 25.7. The minimum Gasteiger partial charge on any atom is -0.355 e. The fourth-order valence-corrected chi connectivity index (χ4v) is 4.98. The van der Waals surface area contributed by atoms with Crippen molar-refractivity contribution in [3.05, 3.63) is 11.9 Å². The van der Waals surface area contributed by atoms with Crippen LogP contribution in [0.2, 0.25) is 0 Å². The second-order valence-electron chi connectivity index (χ2n) is 6.43. The van der Waals surface area contributed by atoms with E-state index < -0.39 is 9.84 Å². The normalized spacial score (nSPS) is 23.3. The van der Waals surface area contributed by atoms with Gasteiger partial charge in [-0.25, -0.2) is 18.4 Å². The molecule has 8 nitrogen and oxygen atoms in total. The van der Waals surface area contributed by atoms with Gasteiger partial charge >= 0.3 is 0 Å². The van der Waals surface area contributed by atoms with Crippen molar-refractivity contribution in [2.24, 2.45) is 0 Å². The van der Waals surface area contributed by atoms with E-state index in [-0.39, 0.29) is 17.5 Å². The second kappa shape index (κ2) is 6.54. The molecule has 0 aromatic carbocycles. The van der Waals surface area contributed by atoms with Gasteiger partial charge in [-0.1, -0.05) is 0 Å². The lowest BCUT2D eigenvalue weighted by atomic mass is 10.2. The minimum absolute atomic E-state index is 0.0379. The molecule has 1 aromatic rings.